The van der Waals surface area contributed by atoms with E-state index in [1.54, 1.807) is 41.2 Å². The molecule has 4 aromatic rings. The molecule has 1 aliphatic rings. The van der Waals surface area contributed by atoms with Gasteiger partial charge in [0.2, 0.25) is 5.91 Å². The number of carbonyl (C=O) groups excluding carboxylic acids is 2. The van der Waals surface area contributed by atoms with E-state index in [-0.39, 0.29) is 11.8 Å². The van der Waals surface area contributed by atoms with Gasteiger partial charge in [0, 0.05) is 31.9 Å². The summed E-state index contributed by atoms with van der Waals surface area (Å²) in [6.07, 6.45) is 5.17. The molecule has 9 heteroatoms. The third-order valence-electron chi connectivity index (χ3n) is 5.52. The summed E-state index contributed by atoms with van der Waals surface area (Å²) in [6.45, 7) is 1.28. The molecule has 1 amide bonds. The lowest BCUT2D eigenvalue weighted by Gasteiger charge is -2.18. The van der Waals surface area contributed by atoms with Crippen LogP contribution < -0.4 is 10.2 Å². The second-order valence-electron chi connectivity index (χ2n) is 7.42. The molecule has 1 unspecified atom stereocenters. The van der Waals surface area contributed by atoms with Crippen molar-refractivity contribution in [1.29, 1.82) is 0 Å². The Morgan fingerprint density at radius 1 is 1.26 bits per heavy atom. The number of pyridine rings is 1. The largest absolute Gasteiger partial charge is 0.359 e. The minimum atomic E-state index is -0.0814. The third-order valence-corrected chi connectivity index (χ3v) is 6.41. The highest BCUT2D eigenvalue weighted by atomic mass is 32.1. The summed E-state index contributed by atoms with van der Waals surface area (Å²) in [6, 6.07) is 9.46. The number of hydrogen-bond donors (Lipinski definition) is 1. The quantitative estimate of drug-likeness (QED) is 0.488. The van der Waals surface area contributed by atoms with E-state index in [1.165, 1.54) is 0 Å². The Bertz CT molecular complexity index is 1270. The van der Waals surface area contributed by atoms with E-state index in [0.717, 1.165) is 28.8 Å². The average molecular weight is 433 g/mol. The highest BCUT2D eigenvalue weighted by Gasteiger charge is 2.29. The number of rotatable bonds is 5. The maximum atomic E-state index is 12.0. The fraction of sp³-hybridized carbons (Fsp3) is 0.227. The number of hydrogen-bond acceptors (Lipinski definition) is 7. The van der Waals surface area contributed by atoms with Gasteiger partial charge in [-0.15, -0.1) is 11.3 Å². The van der Waals surface area contributed by atoms with Gasteiger partial charge in [-0.25, -0.2) is 14.5 Å². The Hall–Kier alpha value is -3.59. The van der Waals surface area contributed by atoms with Crippen LogP contribution in [0.25, 0.3) is 27.5 Å². The van der Waals surface area contributed by atoms with E-state index < -0.39 is 0 Å². The number of nitrogens with one attached hydrogen (secondary N) is 1. The topological polar surface area (TPSA) is 92.5 Å². The molecule has 1 N–H and O–H groups in total. The van der Waals surface area contributed by atoms with E-state index in [9.17, 15) is 9.59 Å². The first-order valence-corrected chi connectivity index (χ1v) is 10.9. The number of amides is 1. The number of carbonyl (C=O) groups is 2. The van der Waals surface area contributed by atoms with Crippen LogP contribution in [-0.4, -0.2) is 51.9 Å². The zero-order valence-electron chi connectivity index (χ0n) is 16.9. The molecule has 1 atom stereocenters. The van der Waals surface area contributed by atoms with E-state index in [0.29, 0.717) is 35.8 Å². The van der Waals surface area contributed by atoms with Crippen molar-refractivity contribution in [2.24, 2.45) is 5.92 Å². The van der Waals surface area contributed by atoms with Crippen LogP contribution in [-0.2, 0) is 4.79 Å². The van der Waals surface area contributed by atoms with Crippen molar-refractivity contribution < 1.29 is 9.59 Å². The maximum absolute atomic E-state index is 12.0. The summed E-state index contributed by atoms with van der Waals surface area (Å²) in [7, 11) is 1.65. The highest BCUT2D eigenvalue weighted by Crippen LogP contribution is 2.30. The van der Waals surface area contributed by atoms with Crippen LogP contribution in [0.3, 0.4) is 0 Å². The van der Waals surface area contributed by atoms with Gasteiger partial charge in [-0.1, -0.05) is 6.07 Å². The predicted molar refractivity (Wildman–Crippen MR) is 119 cm³/mol. The van der Waals surface area contributed by atoms with Crippen molar-refractivity contribution in [3.63, 3.8) is 0 Å². The predicted octanol–water partition coefficient (Wildman–Crippen LogP) is 2.90. The molecular formula is C22H20N6O2S. The van der Waals surface area contributed by atoms with Crippen molar-refractivity contribution in [2.45, 2.75) is 6.42 Å². The van der Waals surface area contributed by atoms with E-state index in [1.807, 2.05) is 34.7 Å². The minimum absolute atomic E-state index is 0.0298. The van der Waals surface area contributed by atoms with Crippen LogP contribution in [0.5, 0.6) is 0 Å². The Labute approximate surface area is 182 Å². The van der Waals surface area contributed by atoms with Gasteiger partial charge in [-0.3, -0.25) is 9.59 Å². The molecule has 0 bridgehead atoms. The van der Waals surface area contributed by atoms with Gasteiger partial charge >= 0.3 is 0 Å². The van der Waals surface area contributed by atoms with E-state index in [4.69, 9.17) is 9.97 Å². The molecule has 8 nitrogen and oxygen atoms in total. The number of aromatic nitrogens is 4. The molecule has 156 valence electrons. The normalized spacial score (nSPS) is 16.0. The summed E-state index contributed by atoms with van der Waals surface area (Å²) in [5.74, 6) is 0.629. The smallest absolute Gasteiger partial charge is 0.224 e. The molecule has 5 heterocycles. The second kappa shape index (κ2) is 7.92. The standard InChI is InChI=1S/C22H20N6O2S/c1-23-22(30)15-4-6-27(12-15)20-10-14(13-29)9-18(25-20)16-11-24-28-7-5-17(26-21(16)28)19-3-2-8-31-19/h2-3,5,7-11,13,15H,4,6,12H2,1H3,(H,23,30). The van der Waals surface area contributed by atoms with Gasteiger partial charge in [0.1, 0.15) is 12.1 Å². The lowest BCUT2D eigenvalue weighted by Crippen LogP contribution is -2.30. The van der Waals surface area contributed by atoms with Crippen LogP contribution in [0.2, 0.25) is 0 Å². The summed E-state index contributed by atoms with van der Waals surface area (Å²) < 4.78 is 1.71. The van der Waals surface area contributed by atoms with Crippen LogP contribution in [0.4, 0.5) is 5.82 Å². The van der Waals surface area contributed by atoms with Crippen molar-refractivity contribution in [1.82, 2.24) is 24.9 Å². The van der Waals surface area contributed by atoms with Crippen molar-refractivity contribution in [2.75, 3.05) is 25.0 Å². The molecule has 1 fully saturated rings. The Balaban J connectivity index is 1.55. The Kier molecular flexibility index (Phi) is 4.95. The van der Waals surface area contributed by atoms with Crippen molar-refractivity contribution in [3.8, 4) is 21.8 Å². The molecule has 0 aliphatic carbocycles. The Morgan fingerprint density at radius 2 is 2.16 bits per heavy atom. The molecule has 0 saturated carbocycles. The fourth-order valence-corrected chi connectivity index (χ4v) is 4.60. The zero-order chi connectivity index (χ0) is 21.4. The number of aldehydes is 1. The van der Waals surface area contributed by atoms with Gasteiger partial charge in [0.15, 0.2) is 5.65 Å². The number of nitrogens with zero attached hydrogens (tertiary/aromatic N) is 5. The summed E-state index contributed by atoms with van der Waals surface area (Å²) in [5, 5.41) is 9.14. The molecule has 0 aromatic carbocycles. The molecular weight excluding hydrogens is 412 g/mol. The minimum Gasteiger partial charge on any atom is -0.359 e. The van der Waals surface area contributed by atoms with E-state index in [2.05, 4.69) is 10.4 Å². The first kappa shape index (κ1) is 19.4. The van der Waals surface area contributed by atoms with Crippen LogP contribution >= 0.6 is 11.3 Å². The molecule has 4 aromatic heterocycles. The fourth-order valence-electron chi connectivity index (χ4n) is 3.90. The molecule has 1 aliphatic heterocycles. The van der Waals surface area contributed by atoms with Crippen molar-refractivity contribution in [3.05, 3.63) is 53.7 Å². The first-order chi connectivity index (χ1) is 15.2. The van der Waals surface area contributed by atoms with Gasteiger partial charge in [-0.2, -0.15) is 5.10 Å². The molecule has 0 spiro atoms. The van der Waals surface area contributed by atoms with Crippen LogP contribution in [0, 0.1) is 5.92 Å². The zero-order valence-corrected chi connectivity index (χ0v) is 17.7. The monoisotopic (exact) mass is 432 g/mol. The molecule has 0 radical (unpaired) electrons. The maximum Gasteiger partial charge on any atom is 0.224 e. The highest BCUT2D eigenvalue weighted by molar-refractivity contribution is 7.13. The van der Waals surface area contributed by atoms with Crippen LogP contribution in [0.1, 0.15) is 16.8 Å². The van der Waals surface area contributed by atoms with Gasteiger partial charge in [0.25, 0.3) is 0 Å². The molecule has 1 saturated heterocycles. The van der Waals surface area contributed by atoms with Gasteiger partial charge < -0.3 is 10.2 Å². The first-order valence-electron chi connectivity index (χ1n) is 9.98. The van der Waals surface area contributed by atoms with E-state index >= 15 is 0 Å². The second-order valence-corrected chi connectivity index (χ2v) is 8.37. The number of fused-ring (bicyclic) bond motifs is 1. The molecule has 31 heavy (non-hydrogen) atoms. The SMILES string of the molecule is CNC(=O)C1CCN(c2cc(C=O)cc(-c3cnn4ccc(-c5cccs5)nc34)n2)C1. The van der Waals surface area contributed by atoms with Gasteiger partial charge in [-0.05, 0) is 36.1 Å². The summed E-state index contributed by atoms with van der Waals surface area (Å²) in [4.78, 5) is 36.4. The summed E-state index contributed by atoms with van der Waals surface area (Å²) >= 11 is 1.63. The summed E-state index contributed by atoms with van der Waals surface area (Å²) in [5.41, 5.74) is 3.46. The lowest BCUT2D eigenvalue weighted by molar-refractivity contribution is -0.123. The lowest BCUT2D eigenvalue weighted by atomic mass is 10.1. The average Bonchev–Trinajstić information content (AvgIpc) is 3.58. The molecule has 5 rings (SSSR count). The third kappa shape index (κ3) is 3.57. The van der Waals surface area contributed by atoms with Crippen molar-refractivity contribution >= 4 is 35.0 Å². The van der Waals surface area contributed by atoms with Gasteiger partial charge in [0.05, 0.1) is 33.9 Å². The number of anilines is 1. The Morgan fingerprint density at radius 3 is 2.94 bits per heavy atom. The van der Waals surface area contributed by atoms with Crippen LogP contribution in [0.15, 0.2) is 48.1 Å². The number of thiophene rings is 1.